The first-order valence-corrected chi connectivity index (χ1v) is 6.03. The van der Waals surface area contributed by atoms with Crippen LogP contribution in [-0.4, -0.2) is 35.0 Å². The van der Waals surface area contributed by atoms with Crippen LogP contribution < -0.4 is 16.4 Å². The standard InChI is InChI=1S/C11H19N5O/c12-3-1-2-4-13-11(17)9-5-8-10(6-14-9)16-7-15-8/h7,9,14H,1-6,12H2,(H,13,17)(H,15,16). The summed E-state index contributed by atoms with van der Waals surface area (Å²) in [5, 5.41) is 6.11. The van der Waals surface area contributed by atoms with Crippen molar-refractivity contribution in [1.29, 1.82) is 0 Å². The maximum absolute atomic E-state index is 11.9. The van der Waals surface area contributed by atoms with Crippen molar-refractivity contribution in [2.75, 3.05) is 13.1 Å². The lowest BCUT2D eigenvalue weighted by molar-refractivity contribution is -0.123. The van der Waals surface area contributed by atoms with Crippen LogP contribution in [0.1, 0.15) is 24.2 Å². The molecule has 6 heteroatoms. The van der Waals surface area contributed by atoms with E-state index in [0.717, 1.165) is 24.2 Å². The number of fused-ring (bicyclic) bond motifs is 1. The molecule has 1 aliphatic rings. The molecule has 17 heavy (non-hydrogen) atoms. The molecule has 2 rings (SSSR count). The Morgan fingerprint density at radius 2 is 2.47 bits per heavy atom. The number of unbranched alkanes of at least 4 members (excludes halogenated alkanes) is 1. The molecule has 0 fully saturated rings. The van der Waals surface area contributed by atoms with E-state index in [-0.39, 0.29) is 11.9 Å². The molecule has 5 N–H and O–H groups in total. The lowest BCUT2D eigenvalue weighted by Crippen LogP contribution is -2.47. The fourth-order valence-electron chi connectivity index (χ4n) is 1.96. The average molecular weight is 237 g/mol. The number of rotatable bonds is 5. The van der Waals surface area contributed by atoms with Crippen LogP contribution in [0.4, 0.5) is 0 Å². The van der Waals surface area contributed by atoms with Crippen LogP contribution in [-0.2, 0) is 17.8 Å². The summed E-state index contributed by atoms with van der Waals surface area (Å²) < 4.78 is 0. The fraction of sp³-hybridized carbons (Fsp3) is 0.636. The molecule has 1 unspecified atom stereocenters. The number of nitrogens with one attached hydrogen (secondary N) is 3. The zero-order valence-corrected chi connectivity index (χ0v) is 9.83. The van der Waals surface area contributed by atoms with Gasteiger partial charge in [-0.05, 0) is 19.4 Å². The summed E-state index contributed by atoms with van der Waals surface area (Å²) in [6.45, 7) is 2.05. The first-order valence-electron chi connectivity index (χ1n) is 6.03. The van der Waals surface area contributed by atoms with Crippen LogP contribution in [0.2, 0.25) is 0 Å². The third kappa shape index (κ3) is 3.04. The second-order valence-corrected chi connectivity index (χ2v) is 4.25. The summed E-state index contributed by atoms with van der Waals surface area (Å²) >= 11 is 0. The number of H-pyrrole nitrogens is 1. The second kappa shape index (κ2) is 5.79. The van der Waals surface area contributed by atoms with Gasteiger partial charge >= 0.3 is 0 Å². The van der Waals surface area contributed by atoms with Gasteiger partial charge < -0.3 is 16.0 Å². The van der Waals surface area contributed by atoms with E-state index < -0.39 is 0 Å². The van der Waals surface area contributed by atoms with Gasteiger partial charge in [0, 0.05) is 19.5 Å². The molecule has 2 heterocycles. The van der Waals surface area contributed by atoms with Crippen LogP contribution in [0.3, 0.4) is 0 Å². The van der Waals surface area contributed by atoms with E-state index in [1.165, 1.54) is 0 Å². The lowest BCUT2D eigenvalue weighted by atomic mass is 10.0. The van der Waals surface area contributed by atoms with Gasteiger partial charge in [-0.25, -0.2) is 4.98 Å². The zero-order valence-electron chi connectivity index (χ0n) is 9.83. The molecule has 0 saturated carbocycles. The van der Waals surface area contributed by atoms with Crippen molar-refractivity contribution in [2.45, 2.75) is 31.8 Å². The highest BCUT2D eigenvalue weighted by atomic mass is 16.2. The van der Waals surface area contributed by atoms with E-state index in [9.17, 15) is 4.79 Å². The summed E-state index contributed by atoms with van der Waals surface area (Å²) in [4.78, 5) is 19.1. The first-order chi connectivity index (χ1) is 8.31. The topological polar surface area (TPSA) is 95.8 Å². The average Bonchev–Trinajstić information content (AvgIpc) is 2.81. The SMILES string of the molecule is NCCCCNC(=O)C1Cc2nc[nH]c2CN1. The Hall–Kier alpha value is -1.40. The second-order valence-electron chi connectivity index (χ2n) is 4.25. The van der Waals surface area contributed by atoms with Gasteiger partial charge in [0.25, 0.3) is 0 Å². The maximum Gasteiger partial charge on any atom is 0.237 e. The number of imidazole rings is 1. The Labute approximate surface area is 100 Å². The summed E-state index contributed by atoms with van der Waals surface area (Å²) in [6, 6.07) is -0.163. The van der Waals surface area contributed by atoms with Gasteiger partial charge in [-0.2, -0.15) is 0 Å². The molecule has 0 radical (unpaired) electrons. The number of aromatic nitrogens is 2. The van der Waals surface area contributed by atoms with Gasteiger partial charge in [-0.3, -0.25) is 10.1 Å². The molecule has 1 aromatic rings. The number of hydrogen-bond donors (Lipinski definition) is 4. The van der Waals surface area contributed by atoms with Gasteiger partial charge in [0.1, 0.15) is 0 Å². The van der Waals surface area contributed by atoms with E-state index in [0.29, 0.717) is 26.1 Å². The van der Waals surface area contributed by atoms with Crippen molar-refractivity contribution in [1.82, 2.24) is 20.6 Å². The van der Waals surface area contributed by atoms with Crippen molar-refractivity contribution in [3.8, 4) is 0 Å². The van der Waals surface area contributed by atoms with E-state index in [1.54, 1.807) is 6.33 Å². The monoisotopic (exact) mass is 237 g/mol. The highest BCUT2D eigenvalue weighted by Gasteiger charge is 2.25. The Bertz CT molecular complexity index is 376. The number of carbonyl (C=O) groups excluding carboxylic acids is 1. The van der Waals surface area contributed by atoms with E-state index >= 15 is 0 Å². The molecule has 1 aliphatic heterocycles. The lowest BCUT2D eigenvalue weighted by Gasteiger charge is -2.22. The maximum atomic E-state index is 11.9. The van der Waals surface area contributed by atoms with E-state index in [1.807, 2.05) is 0 Å². The van der Waals surface area contributed by atoms with Crippen LogP contribution in [0.5, 0.6) is 0 Å². The summed E-state index contributed by atoms with van der Waals surface area (Å²) in [5.41, 5.74) is 7.46. The molecule has 1 atom stereocenters. The minimum absolute atomic E-state index is 0.0515. The van der Waals surface area contributed by atoms with Crippen LogP contribution in [0, 0.1) is 0 Å². The van der Waals surface area contributed by atoms with Crippen molar-refractivity contribution in [2.24, 2.45) is 5.73 Å². The Morgan fingerprint density at radius 1 is 1.59 bits per heavy atom. The minimum atomic E-state index is -0.163. The molecule has 6 nitrogen and oxygen atoms in total. The quantitative estimate of drug-likeness (QED) is 0.508. The molecule has 0 saturated heterocycles. The van der Waals surface area contributed by atoms with E-state index in [2.05, 4.69) is 20.6 Å². The van der Waals surface area contributed by atoms with Crippen LogP contribution in [0.15, 0.2) is 6.33 Å². The first kappa shape index (κ1) is 12.1. The predicted molar refractivity (Wildman–Crippen MR) is 64.2 cm³/mol. The smallest absolute Gasteiger partial charge is 0.237 e. The van der Waals surface area contributed by atoms with E-state index in [4.69, 9.17) is 5.73 Å². The van der Waals surface area contributed by atoms with Crippen molar-refractivity contribution in [3.05, 3.63) is 17.7 Å². The normalized spacial score (nSPS) is 18.8. The number of nitrogens with two attached hydrogens (primary N) is 1. The van der Waals surface area contributed by atoms with Crippen molar-refractivity contribution >= 4 is 5.91 Å². The molecule has 94 valence electrons. The number of nitrogens with zero attached hydrogens (tertiary/aromatic N) is 1. The molecule has 0 spiro atoms. The highest BCUT2D eigenvalue weighted by Crippen LogP contribution is 2.11. The predicted octanol–water partition coefficient (Wildman–Crippen LogP) is -0.721. The summed E-state index contributed by atoms with van der Waals surface area (Å²) in [5.74, 6) is 0.0515. The number of aromatic amines is 1. The number of carbonyl (C=O) groups is 1. The third-order valence-electron chi connectivity index (χ3n) is 2.98. The molecular weight excluding hydrogens is 218 g/mol. The Morgan fingerprint density at radius 3 is 3.29 bits per heavy atom. The summed E-state index contributed by atoms with van der Waals surface area (Å²) in [7, 11) is 0. The third-order valence-corrected chi connectivity index (χ3v) is 2.98. The number of hydrogen-bond acceptors (Lipinski definition) is 4. The Balaban J connectivity index is 1.78. The minimum Gasteiger partial charge on any atom is -0.355 e. The molecule has 1 amide bonds. The number of amides is 1. The van der Waals surface area contributed by atoms with Gasteiger partial charge in [0.15, 0.2) is 0 Å². The van der Waals surface area contributed by atoms with Crippen LogP contribution in [0.25, 0.3) is 0 Å². The Kier molecular flexibility index (Phi) is 4.11. The fourth-order valence-corrected chi connectivity index (χ4v) is 1.96. The molecule has 1 aromatic heterocycles. The molecule has 0 aromatic carbocycles. The van der Waals surface area contributed by atoms with Gasteiger partial charge in [-0.15, -0.1) is 0 Å². The largest absolute Gasteiger partial charge is 0.355 e. The molecular formula is C11H19N5O. The van der Waals surface area contributed by atoms with Crippen LogP contribution >= 0.6 is 0 Å². The molecule has 0 aliphatic carbocycles. The van der Waals surface area contributed by atoms with Crippen molar-refractivity contribution < 1.29 is 4.79 Å². The van der Waals surface area contributed by atoms with Gasteiger partial charge in [0.05, 0.1) is 23.8 Å². The zero-order chi connectivity index (χ0) is 12.1. The highest BCUT2D eigenvalue weighted by molar-refractivity contribution is 5.82. The van der Waals surface area contributed by atoms with Gasteiger partial charge in [0.2, 0.25) is 5.91 Å². The molecule has 0 bridgehead atoms. The van der Waals surface area contributed by atoms with Crippen molar-refractivity contribution in [3.63, 3.8) is 0 Å². The summed E-state index contributed by atoms with van der Waals surface area (Å²) in [6.07, 6.45) is 4.21. The van der Waals surface area contributed by atoms with Gasteiger partial charge in [-0.1, -0.05) is 0 Å².